The summed E-state index contributed by atoms with van der Waals surface area (Å²) in [6, 6.07) is 19.9. The third-order valence-electron chi connectivity index (χ3n) is 19.5. The molecule has 4 aliphatic heterocycles. The number of carboxylic acids is 1. The summed E-state index contributed by atoms with van der Waals surface area (Å²) in [5, 5.41) is 25.9. The number of benzene rings is 3. The minimum Gasteiger partial charge on any atom is -1.00 e. The number of anilines is 6. The van der Waals surface area contributed by atoms with Crippen molar-refractivity contribution in [1.82, 2.24) is 94.3 Å². The van der Waals surface area contributed by atoms with E-state index in [2.05, 4.69) is 98.3 Å². The van der Waals surface area contributed by atoms with E-state index >= 15 is 4.39 Å². The van der Waals surface area contributed by atoms with Gasteiger partial charge in [-0.2, -0.15) is 0 Å². The summed E-state index contributed by atoms with van der Waals surface area (Å²) < 4.78 is 105. The molecule has 0 bridgehead atoms. The molecule has 124 heavy (non-hydrogen) atoms. The lowest BCUT2D eigenvalue weighted by Gasteiger charge is -2.29. The van der Waals surface area contributed by atoms with Crippen molar-refractivity contribution < 1.29 is 88.9 Å². The summed E-state index contributed by atoms with van der Waals surface area (Å²) in [4.78, 5) is 112. The van der Waals surface area contributed by atoms with Crippen LogP contribution in [0.2, 0.25) is 0 Å². The monoisotopic (exact) mass is 1820 g/mol. The Balaban J connectivity index is 0.000000170. The number of pyridine rings is 3. The number of hydrogen-bond acceptors (Lipinski definition) is 24. The van der Waals surface area contributed by atoms with Gasteiger partial charge in [0.25, 0.3) is 5.36 Å². The van der Waals surface area contributed by atoms with Crippen molar-refractivity contribution in [2.24, 2.45) is 10.7 Å². The number of alkyl carbamates (subject to hydrolysis) is 2. The Labute approximate surface area is 726 Å². The van der Waals surface area contributed by atoms with Crippen molar-refractivity contribution in [1.29, 1.82) is 0 Å². The van der Waals surface area contributed by atoms with Gasteiger partial charge < -0.3 is 95.1 Å². The smallest absolute Gasteiger partial charge is 0.408 e. The van der Waals surface area contributed by atoms with Gasteiger partial charge in [0.15, 0.2) is 40.3 Å². The number of nitrogens with two attached hydrogens (primary N) is 1. The third kappa shape index (κ3) is 22.2. The van der Waals surface area contributed by atoms with Gasteiger partial charge in [-0.05, 0) is 180 Å². The molecule has 4 amide bonds. The summed E-state index contributed by atoms with van der Waals surface area (Å²) >= 11 is 0. The van der Waals surface area contributed by atoms with Gasteiger partial charge in [0.1, 0.15) is 81.5 Å². The van der Waals surface area contributed by atoms with E-state index in [0.29, 0.717) is 95.9 Å². The van der Waals surface area contributed by atoms with Gasteiger partial charge in [0.05, 0.1) is 42.2 Å². The van der Waals surface area contributed by atoms with Crippen LogP contribution >= 0.6 is 0 Å². The molecule has 0 saturated carbocycles. The fraction of sp³-hybridized carbons (Fsp3) is 0.365. The number of aliphatic carboxylic acids is 1. The second kappa shape index (κ2) is 38.7. The average molecular weight is 1820 g/mol. The lowest BCUT2D eigenvalue weighted by molar-refractivity contribution is -0.136. The molecule has 0 radical (unpaired) electrons. The Hall–Kier alpha value is -12.8. The molecule has 12 heterocycles. The molecule has 0 saturated heterocycles. The first-order valence-corrected chi connectivity index (χ1v) is 39.6. The van der Waals surface area contributed by atoms with Crippen molar-refractivity contribution in [3.05, 3.63) is 195 Å². The first kappa shape index (κ1) is 91.9. The molecule has 0 unspecified atom stereocenters. The Morgan fingerprint density at radius 3 is 1.35 bits per heavy atom. The molecule has 15 rings (SSSR count). The van der Waals surface area contributed by atoms with E-state index < -0.39 is 70.8 Å². The second-order valence-corrected chi connectivity index (χ2v) is 32.0. The Morgan fingerprint density at radius 2 is 0.944 bits per heavy atom. The summed E-state index contributed by atoms with van der Waals surface area (Å²) in [7, 11) is 0. The number of imidazole rings is 2. The maximum atomic E-state index is 15.0. The number of fused-ring (bicyclic) bond motifs is 6. The van der Waals surface area contributed by atoms with Crippen LogP contribution in [0.1, 0.15) is 141 Å². The highest BCUT2D eigenvalue weighted by atomic mass is 127. The van der Waals surface area contributed by atoms with Crippen molar-refractivity contribution in [3.8, 4) is 33.8 Å². The molecule has 652 valence electrons. The Bertz CT molecular complexity index is 6100. The molecule has 0 atom stereocenters. The normalized spacial score (nSPS) is 13.4. The van der Waals surface area contributed by atoms with E-state index in [0.717, 1.165) is 71.9 Å². The highest BCUT2D eigenvalue weighted by molar-refractivity contribution is 5.86. The summed E-state index contributed by atoms with van der Waals surface area (Å²) in [5.41, 5.74) is 12.2. The second-order valence-electron chi connectivity index (χ2n) is 32.0. The Kier molecular flexibility index (Phi) is 28.7. The van der Waals surface area contributed by atoms with E-state index in [1.165, 1.54) is 18.2 Å². The maximum absolute atomic E-state index is 15.0. The minimum absolute atomic E-state index is 0. The van der Waals surface area contributed by atoms with Crippen LogP contribution in [-0.2, 0) is 62.8 Å². The fourth-order valence-corrected chi connectivity index (χ4v) is 14.2. The number of carbonyl (C=O) groups is 5. The third-order valence-corrected chi connectivity index (χ3v) is 19.5. The van der Waals surface area contributed by atoms with Gasteiger partial charge in [-0.1, -0.05) is 18.2 Å². The van der Waals surface area contributed by atoms with Gasteiger partial charge in [0, 0.05) is 104 Å². The number of aromatic nitrogens is 13. The van der Waals surface area contributed by atoms with Crippen molar-refractivity contribution in [2.75, 3.05) is 55.2 Å². The van der Waals surface area contributed by atoms with Crippen molar-refractivity contribution in [2.45, 2.75) is 165 Å². The van der Waals surface area contributed by atoms with Gasteiger partial charge in [-0.3, -0.25) is 14.4 Å². The fourth-order valence-electron chi connectivity index (χ4n) is 14.2. The standard InChI is InChI=1S/C30H34F2N8O3.C25H26F2N8O.C23H22F2N7.C7H13NO4.HI/c1-16(2)40-17(3)35-27-20(31)11-19(12-23(27)40)26-21(32)13-33-28(38-26)37-24-8-7-18-15-39(10-9-22(18)36-24)25(41)14-34-29(42)43-30(4,5)6;1-13(2)35-14(3)30-24-17(26)8-16(9-20(24)35)23-18(27)11-29-25(33-23)32-21-5-4-15-12-34(22(36)10-28)7-6-19(15)31-21;1-12(2)32-13(3)28-22-16(24)8-15(9-19(22)32)21-17(25)11-27-23(31-21)30-20-5-4-14-10-26-7-6-18(14)29-20;1-7(2,3)12-6(11)8-4-5(9)10;/h7-8,11-13,16H,9-10,14-15H2,1-6H3,(H,34,42)(H,33,36,37,38);4-5,8-9,11,13H,6-7,10,12,28H2,1-3H3,(H,29,31,32,33);4-5,8-9,11-12,26H,3,6-7,10H2,1-2H3,(H,27,29,30,31);4H2,1-3H3,(H,8,11)(H,9,10);1H/q;;+1;;/p-1. The Morgan fingerprint density at radius 1 is 0.540 bits per heavy atom. The number of hydrogen-bond donors (Lipinski definition) is 8. The maximum Gasteiger partial charge on any atom is 0.408 e. The average Bonchev–Trinajstić information content (AvgIpc) is 1.63. The molecule has 3 aromatic carbocycles. The zero-order valence-corrected chi connectivity index (χ0v) is 72.9. The quantitative estimate of drug-likeness (QED) is 0.0240. The van der Waals surface area contributed by atoms with E-state index in [1.54, 1.807) is 88.6 Å². The molecule has 0 fully saturated rings. The number of halogens is 7. The molecule has 32 nitrogen and oxygen atoms in total. The van der Waals surface area contributed by atoms with Crippen molar-refractivity contribution >= 4 is 87.3 Å². The number of aryl methyl sites for hydroxylation is 2. The van der Waals surface area contributed by atoms with Crippen LogP contribution in [0.15, 0.2) is 109 Å². The van der Waals surface area contributed by atoms with Gasteiger partial charge in [0.2, 0.25) is 29.7 Å². The number of ether oxygens (including phenoxy) is 2. The zero-order chi connectivity index (χ0) is 88.8. The SMILES string of the molecule is C=C1N=c2c(F)cc(-c3nc(Nc4ccc5c(n4)CCNC5)ncc3F)cc2=[N+]1C(C)C.CC(C)(C)OC(=O)NCC(=O)O.Cc1nc2c(F)cc(-c3nc(Nc4ccc5c(n4)CCN(C(=O)CN)C5)ncc3F)cc2n1C(C)C.Cc1nc2c(F)cc(-c3nc(Nc4ccc5c(n4)CCN(C(=O)CNC(=O)OC(C)(C)C)C5)ncc3F)cc2n1C(C)C.[I-]. The van der Waals surface area contributed by atoms with Crippen LogP contribution in [0.4, 0.5) is 71.2 Å². The highest BCUT2D eigenvalue weighted by Gasteiger charge is 2.30. The van der Waals surface area contributed by atoms with Crippen molar-refractivity contribution in [3.63, 3.8) is 0 Å². The zero-order valence-electron chi connectivity index (χ0n) is 70.7. The molecule has 0 spiro atoms. The lowest BCUT2D eigenvalue weighted by atomic mass is 10.1. The molecule has 11 aromatic rings. The number of nitrogens with zero attached hydrogens (tertiary/aromatic N) is 17. The lowest BCUT2D eigenvalue weighted by Crippen LogP contribution is -3.00. The number of nitrogens with one attached hydrogen (secondary N) is 6. The van der Waals surface area contributed by atoms with Gasteiger partial charge in [-0.25, -0.2) is 95.3 Å². The van der Waals surface area contributed by atoms with Crippen LogP contribution in [0.25, 0.3) is 55.8 Å². The molecule has 0 aliphatic carbocycles. The van der Waals surface area contributed by atoms with E-state index in [-0.39, 0.29) is 129 Å². The summed E-state index contributed by atoms with van der Waals surface area (Å²) in [6.45, 7) is 32.5. The van der Waals surface area contributed by atoms with E-state index in [4.69, 9.17) is 20.3 Å². The first-order chi connectivity index (χ1) is 58.2. The van der Waals surface area contributed by atoms with Gasteiger partial charge in [-0.15, -0.1) is 0 Å². The first-order valence-electron chi connectivity index (χ1n) is 39.6. The number of carbonyl (C=O) groups excluding carboxylic acids is 4. The minimum atomic E-state index is -1.10. The summed E-state index contributed by atoms with van der Waals surface area (Å²) in [5.74, 6) is -1.41. The number of amides is 4. The van der Waals surface area contributed by atoms with E-state index in [9.17, 15) is 45.9 Å². The van der Waals surface area contributed by atoms with Crippen LogP contribution in [0.5, 0.6) is 0 Å². The predicted molar refractivity (Wildman–Crippen MR) is 447 cm³/mol. The number of rotatable bonds is 17. The molecule has 8 aromatic heterocycles. The van der Waals surface area contributed by atoms with E-state index in [1.807, 2.05) is 86.4 Å². The van der Waals surface area contributed by atoms with Crippen LogP contribution in [0, 0.1) is 48.8 Å². The highest BCUT2D eigenvalue weighted by Crippen LogP contribution is 2.35. The number of carboxylic acid groups (broad SMARTS) is 1. The molecule has 9 N–H and O–H groups in total. The predicted octanol–water partition coefficient (Wildman–Crippen LogP) is 8.66. The van der Waals surface area contributed by atoms with Crippen LogP contribution in [0.3, 0.4) is 0 Å². The molecule has 39 heteroatoms. The molecular weight excluding hydrogens is 1730 g/mol. The molecule has 4 aliphatic rings. The largest absolute Gasteiger partial charge is 1.00 e. The van der Waals surface area contributed by atoms with Crippen LogP contribution < -0.4 is 76.9 Å². The molecular formula is C85H95F6IN24O8. The van der Waals surface area contributed by atoms with Crippen LogP contribution in [-0.4, -0.2) is 165 Å². The van der Waals surface area contributed by atoms with Gasteiger partial charge >= 0.3 is 24.0 Å². The summed E-state index contributed by atoms with van der Waals surface area (Å²) in [6.07, 6.45) is 3.71. The topological polar surface area (TPSA) is 396 Å².